The van der Waals surface area contributed by atoms with Gasteiger partial charge in [0.2, 0.25) is 0 Å². The van der Waals surface area contributed by atoms with Gasteiger partial charge in [-0.15, -0.1) is 0 Å². The molecular formula is C35H24N4. The zero-order chi connectivity index (χ0) is 26.2. The lowest BCUT2D eigenvalue weighted by molar-refractivity contribution is 1.11. The first-order chi connectivity index (χ1) is 19.3. The molecule has 0 aliphatic carbocycles. The van der Waals surface area contributed by atoms with Crippen molar-refractivity contribution in [1.29, 1.82) is 0 Å². The minimum Gasteiger partial charge on any atom is -0.237 e. The molecule has 7 aromatic rings. The molecule has 39 heavy (non-hydrogen) atoms. The van der Waals surface area contributed by atoms with E-state index in [-0.39, 0.29) is 0 Å². The van der Waals surface area contributed by atoms with Crippen LogP contribution in [0.1, 0.15) is 5.69 Å². The van der Waals surface area contributed by atoms with Crippen molar-refractivity contribution in [1.82, 2.24) is 19.9 Å². The molecule has 0 amide bonds. The van der Waals surface area contributed by atoms with Gasteiger partial charge in [-0.2, -0.15) is 0 Å². The van der Waals surface area contributed by atoms with Gasteiger partial charge in [0.25, 0.3) is 0 Å². The molecule has 2 aromatic heterocycles. The second-order valence-corrected chi connectivity index (χ2v) is 9.59. The van der Waals surface area contributed by atoms with Crippen LogP contribution in [0.3, 0.4) is 0 Å². The number of hydrogen-bond donors (Lipinski definition) is 0. The summed E-state index contributed by atoms with van der Waals surface area (Å²) in [5.41, 5.74) is 7.77. The lowest BCUT2D eigenvalue weighted by Gasteiger charge is -2.18. The molecule has 0 atom stereocenters. The second kappa shape index (κ2) is 9.58. The lowest BCUT2D eigenvalue weighted by Crippen LogP contribution is -1.92. The molecule has 0 unspecified atom stereocenters. The van der Waals surface area contributed by atoms with Gasteiger partial charge in [0, 0.05) is 35.4 Å². The molecule has 0 fully saturated rings. The van der Waals surface area contributed by atoms with E-state index in [0.717, 1.165) is 28.5 Å². The largest absolute Gasteiger partial charge is 0.237 e. The van der Waals surface area contributed by atoms with Gasteiger partial charge < -0.3 is 0 Å². The Kier molecular flexibility index (Phi) is 5.64. The number of nitrogens with zero attached hydrogens (tertiary/aromatic N) is 4. The van der Waals surface area contributed by atoms with Gasteiger partial charge in [-0.3, -0.25) is 0 Å². The highest BCUT2D eigenvalue weighted by molar-refractivity contribution is 6.21. The number of fused-ring (bicyclic) bond motifs is 2. The summed E-state index contributed by atoms with van der Waals surface area (Å²) in [5, 5.41) is 4.89. The maximum Gasteiger partial charge on any atom is 0.159 e. The van der Waals surface area contributed by atoms with Crippen molar-refractivity contribution in [3.63, 3.8) is 0 Å². The molecule has 5 aromatic carbocycles. The van der Waals surface area contributed by atoms with Crippen LogP contribution in [0.2, 0.25) is 0 Å². The average molecular weight is 501 g/mol. The van der Waals surface area contributed by atoms with Crippen LogP contribution >= 0.6 is 0 Å². The van der Waals surface area contributed by atoms with E-state index >= 15 is 0 Å². The van der Waals surface area contributed by atoms with Crippen molar-refractivity contribution in [2.24, 2.45) is 0 Å². The minimum atomic E-state index is 0.730. The standard InChI is InChI=1S/C35H24N4/c1-23-19-22-38-35(39-23)27-17-13-25(14-18-27)33-30-9-4-2-7-28(30)32(29-8-3-5-10-31(29)33)24-11-15-26(16-12-24)34-36-20-6-21-37-34/h2-22H,1H3. The third-order valence-corrected chi connectivity index (χ3v) is 7.16. The van der Waals surface area contributed by atoms with Crippen molar-refractivity contribution in [2.75, 3.05) is 0 Å². The summed E-state index contributed by atoms with van der Waals surface area (Å²) in [6.45, 7) is 1.99. The summed E-state index contributed by atoms with van der Waals surface area (Å²) < 4.78 is 0. The number of hydrogen-bond acceptors (Lipinski definition) is 4. The van der Waals surface area contributed by atoms with Crippen LogP contribution in [-0.2, 0) is 0 Å². The third-order valence-electron chi connectivity index (χ3n) is 7.16. The van der Waals surface area contributed by atoms with Crippen molar-refractivity contribution < 1.29 is 0 Å². The maximum atomic E-state index is 4.60. The molecule has 7 rings (SSSR count). The molecule has 0 spiro atoms. The number of rotatable bonds is 4. The van der Waals surface area contributed by atoms with Crippen molar-refractivity contribution >= 4 is 21.5 Å². The van der Waals surface area contributed by atoms with E-state index in [2.05, 4.69) is 117 Å². The van der Waals surface area contributed by atoms with Crippen LogP contribution < -0.4 is 0 Å². The summed E-state index contributed by atoms with van der Waals surface area (Å²) in [6, 6.07) is 38.3. The van der Waals surface area contributed by atoms with E-state index in [1.165, 1.54) is 43.8 Å². The van der Waals surface area contributed by atoms with Crippen LogP contribution in [0.25, 0.3) is 66.6 Å². The molecule has 0 radical (unpaired) electrons. The van der Waals surface area contributed by atoms with Crippen LogP contribution in [0.15, 0.2) is 128 Å². The van der Waals surface area contributed by atoms with Gasteiger partial charge in [-0.1, -0.05) is 97.1 Å². The molecule has 184 valence electrons. The van der Waals surface area contributed by atoms with E-state index in [1.54, 1.807) is 12.4 Å². The summed E-state index contributed by atoms with van der Waals surface area (Å²) >= 11 is 0. The zero-order valence-electron chi connectivity index (χ0n) is 21.4. The Morgan fingerprint density at radius 1 is 0.385 bits per heavy atom. The van der Waals surface area contributed by atoms with E-state index in [0.29, 0.717) is 0 Å². The first kappa shape index (κ1) is 22.9. The summed E-state index contributed by atoms with van der Waals surface area (Å²) in [7, 11) is 0. The fourth-order valence-electron chi connectivity index (χ4n) is 5.36. The SMILES string of the molecule is Cc1ccnc(-c2ccc(-c3c4ccccc4c(-c4ccc(-c5ncccn5)cc4)c4ccccc34)cc2)n1. The quantitative estimate of drug-likeness (QED) is 0.227. The van der Waals surface area contributed by atoms with Gasteiger partial charge >= 0.3 is 0 Å². The van der Waals surface area contributed by atoms with E-state index < -0.39 is 0 Å². The number of benzene rings is 5. The summed E-state index contributed by atoms with van der Waals surface area (Å²) in [4.78, 5) is 17.9. The topological polar surface area (TPSA) is 51.6 Å². The van der Waals surface area contributed by atoms with Gasteiger partial charge in [0.05, 0.1) is 0 Å². The van der Waals surface area contributed by atoms with Crippen molar-refractivity contribution in [2.45, 2.75) is 6.92 Å². The van der Waals surface area contributed by atoms with E-state index in [9.17, 15) is 0 Å². The monoisotopic (exact) mass is 500 g/mol. The Hall–Kier alpha value is -5.22. The van der Waals surface area contributed by atoms with Gasteiger partial charge in [0.1, 0.15) is 0 Å². The predicted octanol–water partition coefficient (Wildman–Crippen LogP) is 8.55. The Labute approximate surface area is 226 Å². The fourth-order valence-corrected chi connectivity index (χ4v) is 5.36. The zero-order valence-corrected chi connectivity index (χ0v) is 21.4. The Balaban J connectivity index is 1.41. The maximum absolute atomic E-state index is 4.60. The van der Waals surface area contributed by atoms with Gasteiger partial charge in [-0.25, -0.2) is 19.9 Å². The minimum absolute atomic E-state index is 0.730. The summed E-state index contributed by atoms with van der Waals surface area (Å²) in [5.74, 6) is 1.48. The first-order valence-corrected chi connectivity index (χ1v) is 13.0. The summed E-state index contributed by atoms with van der Waals surface area (Å²) in [6.07, 6.45) is 5.36. The molecule has 4 heteroatoms. The molecule has 0 bridgehead atoms. The molecular weight excluding hydrogens is 476 g/mol. The van der Waals surface area contributed by atoms with E-state index in [4.69, 9.17) is 0 Å². The van der Waals surface area contributed by atoms with Gasteiger partial charge in [-0.05, 0) is 62.9 Å². The van der Waals surface area contributed by atoms with Crippen LogP contribution in [0.4, 0.5) is 0 Å². The number of aromatic nitrogens is 4. The Morgan fingerprint density at radius 3 is 1.26 bits per heavy atom. The molecule has 0 aliphatic heterocycles. The smallest absolute Gasteiger partial charge is 0.159 e. The van der Waals surface area contributed by atoms with E-state index in [1.807, 2.05) is 25.3 Å². The fraction of sp³-hybridized carbons (Fsp3) is 0.0286. The lowest BCUT2D eigenvalue weighted by atomic mass is 9.85. The van der Waals surface area contributed by atoms with Crippen LogP contribution in [-0.4, -0.2) is 19.9 Å². The first-order valence-electron chi connectivity index (χ1n) is 13.0. The van der Waals surface area contributed by atoms with Crippen molar-refractivity contribution in [3.8, 4) is 45.0 Å². The van der Waals surface area contributed by atoms with Crippen LogP contribution in [0, 0.1) is 6.92 Å². The molecule has 2 heterocycles. The van der Waals surface area contributed by atoms with Crippen molar-refractivity contribution in [3.05, 3.63) is 133 Å². The Bertz CT molecular complexity index is 1890. The molecule has 4 nitrogen and oxygen atoms in total. The third kappa shape index (κ3) is 4.12. The Morgan fingerprint density at radius 2 is 0.795 bits per heavy atom. The van der Waals surface area contributed by atoms with Gasteiger partial charge in [0.15, 0.2) is 11.6 Å². The molecule has 0 N–H and O–H groups in total. The molecule has 0 saturated heterocycles. The average Bonchev–Trinajstić information content (AvgIpc) is 3.00. The normalized spacial score (nSPS) is 11.2. The highest BCUT2D eigenvalue weighted by Gasteiger charge is 2.17. The number of aryl methyl sites for hydroxylation is 1. The highest BCUT2D eigenvalue weighted by Crippen LogP contribution is 2.43. The second-order valence-electron chi connectivity index (χ2n) is 9.59. The highest BCUT2D eigenvalue weighted by atomic mass is 14.9. The van der Waals surface area contributed by atoms with Crippen LogP contribution in [0.5, 0.6) is 0 Å². The predicted molar refractivity (Wildman–Crippen MR) is 159 cm³/mol. The molecule has 0 aliphatic rings. The molecule has 0 saturated carbocycles.